The molecule has 1 fully saturated rings. The van der Waals surface area contributed by atoms with E-state index in [1.165, 1.54) is 6.26 Å². The van der Waals surface area contributed by atoms with E-state index in [4.69, 9.17) is 5.73 Å². The summed E-state index contributed by atoms with van der Waals surface area (Å²) in [6.07, 6.45) is 5.45. The van der Waals surface area contributed by atoms with Crippen LogP contribution in [-0.2, 0) is 9.84 Å². The maximum Gasteiger partial charge on any atom is 0.147 e. The second-order valence-corrected chi connectivity index (χ2v) is 7.05. The molecule has 0 aliphatic heterocycles. The number of nitrogens with two attached hydrogens (primary N) is 1. The molecule has 90 valence electrons. The lowest BCUT2D eigenvalue weighted by molar-refractivity contribution is -0.00816. The van der Waals surface area contributed by atoms with E-state index in [2.05, 4.69) is 0 Å². The Kier molecular flexibility index (Phi) is 4.14. The smallest absolute Gasteiger partial charge is 0.147 e. The Morgan fingerprint density at radius 1 is 1.40 bits per heavy atom. The van der Waals surface area contributed by atoms with Crippen LogP contribution in [-0.4, -0.2) is 37.2 Å². The molecule has 0 atom stereocenters. The summed E-state index contributed by atoms with van der Waals surface area (Å²) >= 11 is 0. The topological polar surface area (TPSA) is 80.4 Å². The number of sulfone groups is 1. The van der Waals surface area contributed by atoms with Crippen molar-refractivity contribution in [2.75, 3.05) is 12.0 Å². The number of rotatable bonds is 4. The maximum atomic E-state index is 10.9. The van der Waals surface area contributed by atoms with Gasteiger partial charge in [0, 0.05) is 18.1 Å². The fourth-order valence-electron chi connectivity index (χ4n) is 2.09. The monoisotopic (exact) mass is 235 g/mol. The number of hydrogen-bond acceptors (Lipinski definition) is 4. The van der Waals surface area contributed by atoms with Crippen molar-refractivity contribution in [3.8, 4) is 0 Å². The van der Waals surface area contributed by atoms with E-state index in [1.54, 1.807) is 0 Å². The molecule has 0 saturated heterocycles. The van der Waals surface area contributed by atoms with E-state index in [-0.39, 0.29) is 11.8 Å². The lowest BCUT2D eigenvalue weighted by atomic mass is 9.80. The quantitative estimate of drug-likeness (QED) is 0.741. The normalized spacial score (nSPS) is 32.9. The highest BCUT2D eigenvalue weighted by molar-refractivity contribution is 7.90. The lowest BCUT2D eigenvalue weighted by Gasteiger charge is -2.34. The van der Waals surface area contributed by atoms with Crippen LogP contribution in [0.2, 0.25) is 0 Å². The minimum Gasteiger partial charge on any atom is -0.390 e. The average molecular weight is 235 g/mol. The van der Waals surface area contributed by atoms with Gasteiger partial charge in [-0.05, 0) is 38.5 Å². The molecule has 0 aromatic carbocycles. The summed E-state index contributed by atoms with van der Waals surface area (Å²) in [7, 11) is -2.90. The molecular weight excluding hydrogens is 214 g/mol. The second-order valence-electron chi connectivity index (χ2n) is 4.80. The van der Waals surface area contributed by atoms with Gasteiger partial charge in [-0.25, -0.2) is 8.42 Å². The summed E-state index contributed by atoms with van der Waals surface area (Å²) in [5.41, 5.74) is 5.08. The summed E-state index contributed by atoms with van der Waals surface area (Å²) in [4.78, 5) is 0. The van der Waals surface area contributed by atoms with Gasteiger partial charge in [-0.2, -0.15) is 0 Å². The van der Waals surface area contributed by atoms with Gasteiger partial charge < -0.3 is 10.8 Å². The van der Waals surface area contributed by atoms with Crippen molar-refractivity contribution in [2.45, 2.75) is 50.2 Å². The minimum atomic E-state index is -2.90. The molecule has 0 unspecified atom stereocenters. The largest absolute Gasteiger partial charge is 0.390 e. The Bertz CT molecular complexity index is 292. The Morgan fingerprint density at radius 3 is 2.40 bits per heavy atom. The zero-order valence-corrected chi connectivity index (χ0v) is 10.1. The molecule has 0 radical (unpaired) electrons. The van der Waals surface area contributed by atoms with E-state index < -0.39 is 15.4 Å². The summed E-state index contributed by atoms with van der Waals surface area (Å²) in [5, 5.41) is 10.1. The summed E-state index contributed by atoms with van der Waals surface area (Å²) < 4.78 is 21.9. The fraction of sp³-hybridized carbons (Fsp3) is 1.00. The fourth-order valence-corrected chi connectivity index (χ4v) is 2.76. The van der Waals surface area contributed by atoms with Crippen LogP contribution in [0.5, 0.6) is 0 Å². The van der Waals surface area contributed by atoms with Crippen molar-refractivity contribution >= 4 is 9.84 Å². The van der Waals surface area contributed by atoms with E-state index in [9.17, 15) is 13.5 Å². The summed E-state index contributed by atoms with van der Waals surface area (Å²) in [5.74, 6) is 0.168. The Labute approximate surface area is 91.8 Å². The first-order chi connectivity index (χ1) is 6.81. The first-order valence-corrected chi connectivity index (χ1v) is 7.52. The molecule has 5 heteroatoms. The van der Waals surface area contributed by atoms with Crippen LogP contribution in [0.3, 0.4) is 0 Å². The van der Waals surface area contributed by atoms with Crippen LogP contribution in [0.25, 0.3) is 0 Å². The SMILES string of the molecule is CS(=O)(=O)CCCC1(O)CCC(N)CC1. The van der Waals surface area contributed by atoms with Crippen LogP contribution < -0.4 is 5.73 Å². The predicted octanol–water partition coefficient (Wildman–Crippen LogP) is 0.444. The number of hydrogen-bond donors (Lipinski definition) is 2. The zero-order valence-electron chi connectivity index (χ0n) is 9.28. The molecule has 15 heavy (non-hydrogen) atoms. The molecule has 0 bridgehead atoms. The molecule has 0 amide bonds. The zero-order chi connectivity index (χ0) is 11.5. The molecule has 1 saturated carbocycles. The van der Waals surface area contributed by atoms with Gasteiger partial charge in [0.25, 0.3) is 0 Å². The highest BCUT2D eigenvalue weighted by atomic mass is 32.2. The van der Waals surface area contributed by atoms with Gasteiger partial charge in [0.15, 0.2) is 0 Å². The first kappa shape index (κ1) is 12.9. The van der Waals surface area contributed by atoms with Gasteiger partial charge in [-0.1, -0.05) is 0 Å². The minimum absolute atomic E-state index is 0.168. The predicted molar refractivity (Wildman–Crippen MR) is 60.3 cm³/mol. The average Bonchev–Trinajstić information content (AvgIpc) is 2.09. The lowest BCUT2D eigenvalue weighted by Crippen LogP contribution is -2.39. The molecule has 1 rings (SSSR count). The third-order valence-corrected chi connectivity index (χ3v) is 4.15. The van der Waals surface area contributed by atoms with Gasteiger partial charge in [0.05, 0.1) is 5.60 Å². The number of aliphatic hydroxyl groups is 1. The van der Waals surface area contributed by atoms with Crippen molar-refractivity contribution in [2.24, 2.45) is 5.73 Å². The van der Waals surface area contributed by atoms with Gasteiger partial charge in [0.1, 0.15) is 9.84 Å². The Balaban J connectivity index is 2.31. The van der Waals surface area contributed by atoms with Gasteiger partial charge in [-0.3, -0.25) is 0 Å². The highest BCUT2D eigenvalue weighted by Crippen LogP contribution is 2.31. The molecule has 0 heterocycles. The van der Waals surface area contributed by atoms with E-state index in [0.717, 1.165) is 12.8 Å². The molecule has 4 nitrogen and oxygen atoms in total. The van der Waals surface area contributed by atoms with Gasteiger partial charge >= 0.3 is 0 Å². The molecule has 1 aliphatic rings. The van der Waals surface area contributed by atoms with Crippen LogP contribution in [0.15, 0.2) is 0 Å². The van der Waals surface area contributed by atoms with Crippen molar-refractivity contribution in [3.05, 3.63) is 0 Å². The molecule has 0 aromatic heterocycles. The van der Waals surface area contributed by atoms with Crippen LogP contribution in [0.4, 0.5) is 0 Å². The van der Waals surface area contributed by atoms with Crippen molar-refractivity contribution < 1.29 is 13.5 Å². The van der Waals surface area contributed by atoms with E-state index >= 15 is 0 Å². The summed E-state index contributed by atoms with van der Waals surface area (Å²) in [6, 6.07) is 0.209. The van der Waals surface area contributed by atoms with Gasteiger partial charge in [0.2, 0.25) is 0 Å². The Morgan fingerprint density at radius 2 is 1.93 bits per heavy atom. The highest BCUT2D eigenvalue weighted by Gasteiger charge is 2.31. The van der Waals surface area contributed by atoms with Crippen LogP contribution in [0.1, 0.15) is 38.5 Å². The van der Waals surface area contributed by atoms with E-state index in [1.807, 2.05) is 0 Å². The van der Waals surface area contributed by atoms with E-state index in [0.29, 0.717) is 25.7 Å². The van der Waals surface area contributed by atoms with Crippen LogP contribution >= 0.6 is 0 Å². The molecule has 0 aromatic rings. The second kappa shape index (κ2) is 4.80. The summed E-state index contributed by atoms with van der Waals surface area (Å²) in [6.45, 7) is 0. The standard InChI is InChI=1S/C10H21NO3S/c1-15(13,14)8-2-5-10(12)6-3-9(11)4-7-10/h9,12H,2-8,11H2,1H3. The molecule has 3 N–H and O–H groups in total. The Hall–Kier alpha value is -0.130. The molecule has 0 spiro atoms. The van der Waals surface area contributed by atoms with Crippen molar-refractivity contribution in [1.29, 1.82) is 0 Å². The van der Waals surface area contributed by atoms with Crippen molar-refractivity contribution in [1.82, 2.24) is 0 Å². The maximum absolute atomic E-state index is 10.9. The van der Waals surface area contributed by atoms with Crippen LogP contribution in [0, 0.1) is 0 Å². The van der Waals surface area contributed by atoms with Gasteiger partial charge in [-0.15, -0.1) is 0 Å². The third kappa shape index (κ3) is 4.95. The van der Waals surface area contributed by atoms with Crippen molar-refractivity contribution in [3.63, 3.8) is 0 Å². The molecular formula is C10H21NO3S. The first-order valence-electron chi connectivity index (χ1n) is 5.46. The molecule has 1 aliphatic carbocycles. The third-order valence-electron chi connectivity index (χ3n) is 3.12.